The molecule has 1 fully saturated rings. The van der Waals surface area contributed by atoms with Crippen molar-refractivity contribution in [2.75, 3.05) is 39.5 Å². The van der Waals surface area contributed by atoms with E-state index in [1.807, 2.05) is 0 Å². The lowest BCUT2D eigenvalue weighted by Crippen LogP contribution is -2.37. The molecule has 2 aliphatic heterocycles. The van der Waals surface area contributed by atoms with Gasteiger partial charge in [0.15, 0.2) is 13.1 Å². The van der Waals surface area contributed by atoms with Crippen LogP contribution in [0.25, 0.3) is 0 Å². The van der Waals surface area contributed by atoms with Gasteiger partial charge in [-0.3, -0.25) is 0 Å². The fourth-order valence-electron chi connectivity index (χ4n) is 1.58. The molecule has 0 N–H and O–H groups in total. The minimum Gasteiger partial charge on any atom is -0.477 e. The van der Waals surface area contributed by atoms with Crippen molar-refractivity contribution >= 4 is 22.7 Å². The molecule has 15 heavy (non-hydrogen) atoms. The summed E-state index contributed by atoms with van der Waals surface area (Å²) in [5, 5.41) is 1.88. The Kier molecular flexibility index (Phi) is 2.64. The molecule has 0 saturated carbocycles. The second kappa shape index (κ2) is 4.11. The van der Waals surface area contributed by atoms with Gasteiger partial charge in [0, 0.05) is 0 Å². The van der Waals surface area contributed by atoms with E-state index in [1.165, 1.54) is 3.98 Å². The Hall–Kier alpha value is -0.590. The number of hydrogen-bond acceptors (Lipinski definition) is 5. The average molecular weight is 246 g/mol. The van der Waals surface area contributed by atoms with Crippen LogP contribution < -0.4 is 18.0 Å². The average Bonchev–Trinajstić information content (AvgIpc) is 2.74. The summed E-state index contributed by atoms with van der Waals surface area (Å²) < 4.78 is 20.0. The van der Waals surface area contributed by atoms with Crippen molar-refractivity contribution in [2.45, 2.75) is 0 Å². The highest BCUT2D eigenvalue weighted by Gasteiger charge is 2.21. The molecule has 2 aliphatic rings. The Balaban J connectivity index is 2.00. The van der Waals surface area contributed by atoms with Crippen LogP contribution in [0.4, 0.5) is 0 Å². The minimum absolute atomic E-state index is 0.669. The summed E-state index contributed by atoms with van der Waals surface area (Å²) in [5.41, 5.74) is 0. The van der Waals surface area contributed by atoms with Gasteiger partial charge in [0.1, 0.15) is 26.4 Å². The van der Waals surface area contributed by atoms with Crippen LogP contribution in [0.2, 0.25) is 0 Å². The molecular weight excluding hydrogens is 234 g/mol. The van der Waals surface area contributed by atoms with Gasteiger partial charge in [0.05, 0.1) is 0 Å². The predicted octanol–water partition coefficient (Wildman–Crippen LogP) is 0.383. The lowest BCUT2D eigenvalue weighted by atomic mass is 10.5. The first kappa shape index (κ1) is 9.62. The highest BCUT2D eigenvalue weighted by Crippen LogP contribution is 2.36. The van der Waals surface area contributed by atoms with Crippen molar-refractivity contribution in [1.29, 1.82) is 0 Å². The molecule has 82 valence electrons. The van der Waals surface area contributed by atoms with Crippen LogP contribution in [0.1, 0.15) is 0 Å². The molecule has 0 unspecified atom stereocenters. The van der Waals surface area contributed by atoms with E-state index < -0.39 is 0 Å². The first-order valence-corrected chi connectivity index (χ1v) is 6.62. The highest BCUT2D eigenvalue weighted by molar-refractivity contribution is 7.29. The summed E-state index contributed by atoms with van der Waals surface area (Å²) in [6, 6.07) is 0. The van der Waals surface area contributed by atoms with E-state index in [1.54, 1.807) is 22.7 Å². The molecule has 1 aromatic heterocycles. The smallest absolute Gasteiger partial charge is 0.321 e. The van der Waals surface area contributed by atoms with Gasteiger partial charge in [0.2, 0.25) is 10.1 Å². The zero-order valence-corrected chi connectivity index (χ0v) is 9.86. The Morgan fingerprint density at radius 1 is 0.867 bits per heavy atom. The Morgan fingerprint density at radius 2 is 1.47 bits per heavy atom. The van der Waals surface area contributed by atoms with E-state index in [4.69, 9.17) is 14.2 Å². The second-order valence-corrected chi connectivity index (χ2v) is 5.52. The fraction of sp³-hybridized carbons (Fsp3) is 0.667. The molecule has 4 nitrogen and oxygen atoms in total. The summed E-state index contributed by atoms with van der Waals surface area (Å²) >= 11 is 3.37. The Labute approximate surface area is 95.3 Å². The largest absolute Gasteiger partial charge is 0.477 e. The molecule has 0 atom stereocenters. The fourth-order valence-corrected chi connectivity index (χ4v) is 3.96. The van der Waals surface area contributed by atoms with Crippen LogP contribution in [-0.2, 0) is 4.74 Å². The lowest BCUT2D eigenvalue weighted by Gasteiger charge is -2.11. The van der Waals surface area contributed by atoms with Crippen molar-refractivity contribution in [2.24, 2.45) is 0 Å². The second-order valence-electron chi connectivity index (χ2n) is 3.34. The SMILES string of the molecule is C1C[N+](=c2sc3c(s2)OCCO3)CCO1. The molecule has 0 aliphatic carbocycles. The van der Waals surface area contributed by atoms with E-state index in [0.29, 0.717) is 13.2 Å². The quantitative estimate of drug-likeness (QED) is 0.620. The van der Waals surface area contributed by atoms with Crippen molar-refractivity contribution in [3.05, 3.63) is 3.98 Å². The molecule has 0 spiro atoms. The predicted molar refractivity (Wildman–Crippen MR) is 59.0 cm³/mol. The van der Waals surface area contributed by atoms with Crippen LogP contribution in [-0.4, -0.2) is 39.5 Å². The van der Waals surface area contributed by atoms with E-state index in [0.717, 1.165) is 36.4 Å². The van der Waals surface area contributed by atoms with Crippen LogP contribution in [0.15, 0.2) is 0 Å². The number of fused-ring (bicyclic) bond motifs is 1. The number of hydrogen-bond donors (Lipinski definition) is 0. The third-order valence-electron chi connectivity index (χ3n) is 2.35. The standard InChI is InChI=1S/C9H12NO3S2/c1-3-11-4-2-10(1)9-14-7-8(15-9)13-6-5-12-7/h1-6H2/q+1. The summed E-state index contributed by atoms with van der Waals surface area (Å²) in [5.74, 6) is 0. The van der Waals surface area contributed by atoms with Gasteiger partial charge in [-0.2, -0.15) is 0 Å². The van der Waals surface area contributed by atoms with Crippen molar-refractivity contribution in [3.63, 3.8) is 0 Å². The van der Waals surface area contributed by atoms with Crippen LogP contribution in [0.5, 0.6) is 10.1 Å². The maximum atomic E-state index is 5.54. The van der Waals surface area contributed by atoms with Gasteiger partial charge in [-0.1, -0.05) is 0 Å². The van der Waals surface area contributed by atoms with Crippen LogP contribution in [0.3, 0.4) is 0 Å². The van der Waals surface area contributed by atoms with Gasteiger partial charge in [-0.25, -0.2) is 4.58 Å². The van der Waals surface area contributed by atoms with E-state index in [-0.39, 0.29) is 0 Å². The first-order chi connectivity index (χ1) is 7.43. The molecule has 1 aromatic rings. The normalized spacial score (nSPS) is 20.4. The van der Waals surface area contributed by atoms with Gasteiger partial charge >= 0.3 is 3.98 Å². The summed E-state index contributed by atoms with van der Waals surface area (Å²) in [4.78, 5) is 0. The third-order valence-corrected chi connectivity index (χ3v) is 4.82. The maximum Gasteiger partial charge on any atom is 0.321 e. The molecule has 1 saturated heterocycles. The number of morpholine rings is 1. The van der Waals surface area contributed by atoms with Gasteiger partial charge in [-0.05, 0) is 22.7 Å². The zero-order chi connectivity index (χ0) is 10.1. The van der Waals surface area contributed by atoms with Crippen LogP contribution in [0, 0.1) is 0 Å². The van der Waals surface area contributed by atoms with Crippen molar-refractivity contribution in [3.8, 4) is 10.1 Å². The lowest BCUT2D eigenvalue weighted by molar-refractivity contribution is 0.0975. The van der Waals surface area contributed by atoms with Gasteiger partial charge < -0.3 is 14.2 Å². The number of ether oxygens (including phenoxy) is 3. The molecule has 6 heteroatoms. The topological polar surface area (TPSA) is 30.7 Å². The number of nitrogens with zero attached hydrogens (tertiary/aromatic N) is 1. The minimum atomic E-state index is 0.669. The van der Waals surface area contributed by atoms with E-state index >= 15 is 0 Å². The summed E-state index contributed by atoms with van der Waals surface area (Å²) in [6.07, 6.45) is 0. The maximum absolute atomic E-state index is 5.54. The highest BCUT2D eigenvalue weighted by atomic mass is 32.2. The molecule has 0 bridgehead atoms. The molecule has 3 heterocycles. The molecular formula is C9H12NO3S2+. The van der Waals surface area contributed by atoms with E-state index in [9.17, 15) is 0 Å². The Bertz CT molecular complexity index is 389. The number of rotatable bonds is 0. The third kappa shape index (κ3) is 1.89. The molecule has 0 amide bonds. The Morgan fingerprint density at radius 3 is 2.07 bits per heavy atom. The zero-order valence-electron chi connectivity index (χ0n) is 8.23. The summed E-state index contributed by atoms with van der Waals surface area (Å²) in [7, 11) is 0. The van der Waals surface area contributed by atoms with Crippen LogP contribution >= 0.6 is 22.7 Å². The first-order valence-electron chi connectivity index (χ1n) is 4.99. The molecule has 0 aromatic carbocycles. The van der Waals surface area contributed by atoms with E-state index in [2.05, 4.69) is 4.58 Å². The molecule has 0 radical (unpaired) electrons. The van der Waals surface area contributed by atoms with Crippen molar-refractivity contribution < 1.29 is 14.2 Å². The van der Waals surface area contributed by atoms with Gasteiger partial charge in [0.25, 0.3) is 0 Å². The molecule has 3 rings (SSSR count). The van der Waals surface area contributed by atoms with Gasteiger partial charge in [-0.15, -0.1) is 0 Å². The van der Waals surface area contributed by atoms with Crippen molar-refractivity contribution in [1.82, 2.24) is 4.58 Å². The summed E-state index contributed by atoms with van der Waals surface area (Å²) in [6.45, 7) is 4.91. The monoisotopic (exact) mass is 246 g/mol.